The SMILES string of the molecule is CN=C(NCc1nc(C(C)C)cs1)NCC1(c2ccccc2Cl)CCOCC1.I. The lowest BCUT2D eigenvalue weighted by Gasteiger charge is -2.38. The molecule has 0 atom stereocenters. The second-order valence-corrected chi connectivity index (χ2v) is 8.82. The molecule has 0 radical (unpaired) electrons. The highest BCUT2D eigenvalue weighted by atomic mass is 127. The molecule has 1 aromatic carbocycles. The van der Waals surface area contributed by atoms with Crippen LogP contribution < -0.4 is 10.6 Å². The number of hydrogen-bond donors (Lipinski definition) is 2. The zero-order chi connectivity index (χ0) is 20.0. The fourth-order valence-corrected chi connectivity index (χ4v) is 4.73. The van der Waals surface area contributed by atoms with E-state index in [0.717, 1.165) is 54.3 Å². The van der Waals surface area contributed by atoms with Crippen molar-refractivity contribution in [3.8, 4) is 0 Å². The van der Waals surface area contributed by atoms with Gasteiger partial charge < -0.3 is 15.4 Å². The van der Waals surface area contributed by atoms with Gasteiger partial charge in [0.05, 0.1) is 12.2 Å². The molecule has 29 heavy (non-hydrogen) atoms. The van der Waals surface area contributed by atoms with Crippen molar-refractivity contribution in [2.45, 2.75) is 44.6 Å². The molecule has 2 heterocycles. The first-order valence-corrected chi connectivity index (χ1v) is 11.0. The maximum atomic E-state index is 6.54. The molecule has 3 rings (SSSR count). The van der Waals surface area contributed by atoms with E-state index in [0.29, 0.717) is 12.5 Å². The quantitative estimate of drug-likeness (QED) is 0.305. The van der Waals surface area contributed by atoms with Gasteiger partial charge in [-0.3, -0.25) is 4.99 Å². The van der Waals surface area contributed by atoms with Crippen LogP contribution in [0.1, 0.15) is 48.9 Å². The minimum atomic E-state index is -0.0553. The lowest BCUT2D eigenvalue weighted by atomic mass is 9.74. The van der Waals surface area contributed by atoms with Gasteiger partial charge in [0.2, 0.25) is 0 Å². The molecule has 1 aromatic heterocycles. The van der Waals surface area contributed by atoms with Gasteiger partial charge in [-0.2, -0.15) is 0 Å². The van der Waals surface area contributed by atoms with Crippen molar-refractivity contribution >= 4 is 52.9 Å². The van der Waals surface area contributed by atoms with Gasteiger partial charge in [-0.25, -0.2) is 4.98 Å². The fourth-order valence-electron chi connectivity index (χ4n) is 3.50. The molecule has 0 saturated carbocycles. The summed E-state index contributed by atoms with van der Waals surface area (Å²) in [6, 6.07) is 8.14. The molecule has 160 valence electrons. The summed E-state index contributed by atoms with van der Waals surface area (Å²) in [5, 5.41) is 10.9. The van der Waals surface area contributed by atoms with Gasteiger partial charge in [0, 0.05) is 42.6 Å². The number of guanidine groups is 1. The molecular weight excluding hydrogens is 519 g/mol. The Labute approximate surface area is 199 Å². The highest BCUT2D eigenvalue weighted by molar-refractivity contribution is 14.0. The van der Waals surface area contributed by atoms with Crippen LogP contribution in [0.5, 0.6) is 0 Å². The zero-order valence-corrected chi connectivity index (χ0v) is 21.1. The van der Waals surface area contributed by atoms with Crippen molar-refractivity contribution in [1.29, 1.82) is 0 Å². The molecule has 0 aliphatic carbocycles. The predicted molar refractivity (Wildman–Crippen MR) is 133 cm³/mol. The van der Waals surface area contributed by atoms with E-state index in [-0.39, 0.29) is 29.4 Å². The first-order chi connectivity index (χ1) is 13.5. The van der Waals surface area contributed by atoms with E-state index in [2.05, 4.69) is 52.0 Å². The summed E-state index contributed by atoms with van der Waals surface area (Å²) < 4.78 is 5.62. The highest BCUT2D eigenvalue weighted by Gasteiger charge is 2.36. The number of ether oxygens (including phenoxy) is 1. The van der Waals surface area contributed by atoms with Crippen molar-refractivity contribution in [1.82, 2.24) is 15.6 Å². The Morgan fingerprint density at radius 1 is 1.28 bits per heavy atom. The summed E-state index contributed by atoms with van der Waals surface area (Å²) in [6.45, 7) is 7.24. The molecule has 1 aliphatic heterocycles. The van der Waals surface area contributed by atoms with Crippen molar-refractivity contribution in [2.24, 2.45) is 4.99 Å². The summed E-state index contributed by atoms with van der Waals surface area (Å²) in [5.41, 5.74) is 2.27. The summed E-state index contributed by atoms with van der Waals surface area (Å²) in [6.07, 6.45) is 1.87. The monoisotopic (exact) mass is 548 g/mol. The van der Waals surface area contributed by atoms with Crippen LogP contribution >= 0.6 is 46.9 Å². The molecule has 1 saturated heterocycles. The topological polar surface area (TPSA) is 58.5 Å². The molecule has 0 bridgehead atoms. The second kappa shape index (κ2) is 11.5. The lowest BCUT2D eigenvalue weighted by Crippen LogP contribution is -2.48. The van der Waals surface area contributed by atoms with Crippen LogP contribution in [0.4, 0.5) is 0 Å². The second-order valence-electron chi connectivity index (χ2n) is 7.47. The average Bonchev–Trinajstić information content (AvgIpc) is 3.18. The van der Waals surface area contributed by atoms with Crippen LogP contribution in [0.2, 0.25) is 5.02 Å². The Morgan fingerprint density at radius 2 is 2.00 bits per heavy atom. The molecule has 2 N–H and O–H groups in total. The van der Waals surface area contributed by atoms with Gasteiger partial charge in [0.25, 0.3) is 0 Å². The van der Waals surface area contributed by atoms with E-state index in [1.807, 2.05) is 12.1 Å². The number of nitrogens with zero attached hydrogens (tertiary/aromatic N) is 2. The van der Waals surface area contributed by atoms with Crippen molar-refractivity contribution < 1.29 is 4.74 Å². The molecule has 0 unspecified atom stereocenters. The number of nitrogens with one attached hydrogen (secondary N) is 2. The van der Waals surface area contributed by atoms with Crippen LogP contribution in [0.3, 0.4) is 0 Å². The van der Waals surface area contributed by atoms with E-state index >= 15 is 0 Å². The van der Waals surface area contributed by atoms with Crippen LogP contribution in [0.25, 0.3) is 0 Å². The van der Waals surface area contributed by atoms with E-state index in [9.17, 15) is 0 Å². The number of aliphatic imine (C=N–C) groups is 1. The summed E-state index contributed by atoms with van der Waals surface area (Å²) >= 11 is 8.23. The maximum absolute atomic E-state index is 6.54. The van der Waals surface area contributed by atoms with Gasteiger partial charge in [0.1, 0.15) is 5.01 Å². The van der Waals surface area contributed by atoms with Crippen LogP contribution in [0, 0.1) is 0 Å². The van der Waals surface area contributed by atoms with Gasteiger partial charge >= 0.3 is 0 Å². The number of thiazole rings is 1. The van der Waals surface area contributed by atoms with Gasteiger partial charge in [-0.05, 0) is 30.4 Å². The molecule has 2 aromatic rings. The maximum Gasteiger partial charge on any atom is 0.191 e. The minimum Gasteiger partial charge on any atom is -0.381 e. The third-order valence-corrected chi connectivity index (χ3v) is 6.48. The molecule has 5 nitrogen and oxygen atoms in total. The van der Waals surface area contributed by atoms with Crippen LogP contribution in [-0.4, -0.2) is 37.7 Å². The van der Waals surface area contributed by atoms with E-state index in [1.54, 1.807) is 18.4 Å². The van der Waals surface area contributed by atoms with Crippen LogP contribution in [0.15, 0.2) is 34.6 Å². The third kappa shape index (κ3) is 6.29. The Kier molecular flexibility index (Phi) is 9.65. The first-order valence-electron chi connectivity index (χ1n) is 9.75. The average molecular weight is 549 g/mol. The molecular formula is C21H30ClIN4OS. The molecule has 1 fully saturated rings. The summed E-state index contributed by atoms with van der Waals surface area (Å²) in [5.74, 6) is 1.23. The van der Waals surface area contributed by atoms with Crippen molar-refractivity contribution in [3.63, 3.8) is 0 Å². The highest BCUT2D eigenvalue weighted by Crippen LogP contribution is 2.38. The number of aromatic nitrogens is 1. The largest absolute Gasteiger partial charge is 0.381 e. The van der Waals surface area contributed by atoms with Gasteiger partial charge in [0.15, 0.2) is 5.96 Å². The summed E-state index contributed by atoms with van der Waals surface area (Å²) in [4.78, 5) is 9.06. The minimum absolute atomic E-state index is 0. The Balaban J connectivity index is 0.00000300. The van der Waals surface area contributed by atoms with Crippen LogP contribution in [-0.2, 0) is 16.7 Å². The fraction of sp³-hybridized carbons (Fsp3) is 0.524. The predicted octanol–water partition coefficient (Wildman–Crippen LogP) is 4.95. The lowest BCUT2D eigenvalue weighted by molar-refractivity contribution is 0.0514. The van der Waals surface area contributed by atoms with Crippen molar-refractivity contribution in [3.05, 3.63) is 50.9 Å². The van der Waals surface area contributed by atoms with Crippen molar-refractivity contribution in [2.75, 3.05) is 26.8 Å². The smallest absolute Gasteiger partial charge is 0.191 e. The Hall–Kier alpha value is -0.900. The van der Waals surface area contributed by atoms with E-state index in [4.69, 9.17) is 16.3 Å². The number of hydrogen-bond acceptors (Lipinski definition) is 4. The zero-order valence-electron chi connectivity index (χ0n) is 17.2. The number of benzene rings is 1. The molecule has 1 aliphatic rings. The third-order valence-electron chi connectivity index (χ3n) is 5.28. The number of rotatable bonds is 6. The Bertz CT molecular complexity index is 805. The Morgan fingerprint density at radius 3 is 2.62 bits per heavy atom. The standard InChI is InChI=1S/C21H29ClN4OS.HI/c1-15(2)18-13-28-19(26-18)12-24-20(23-3)25-14-21(8-10-27-11-9-21)16-6-4-5-7-17(16)22;/h4-7,13,15H,8-12,14H2,1-3H3,(H2,23,24,25);1H. The number of halogens is 2. The van der Waals surface area contributed by atoms with Gasteiger partial charge in [-0.1, -0.05) is 43.6 Å². The van der Waals surface area contributed by atoms with E-state index in [1.165, 1.54) is 5.56 Å². The first kappa shape index (κ1) is 24.4. The molecule has 0 amide bonds. The molecule has 8 heteroatoms. The van der Waals surface area contributed by atoms with Gasteiger partial charge in [-0.15, -0.1) is 35.3 Å². The molecule has 0 spiro atoms. The van der Waals surface area contributed by atoms with E-state index < -0.39 is 0 Å². The normalized spacial score (nSPS) is 16.4. The summed E-state index contributed by atoms with van der Waals surface area (Å²) in [7, 11) is 1.79.